The molecule has 9 heteroatoms. The van der Waals surface area contributed by atoms with Gasteiger partial charge in [-0.05, 0) is 67.8 Å². The zero-order chi connectivity index (χ0) is 25.8. The van der Waals surface area contributed by atoms with Crippen LogP contribution in [0.2, 0.25) is 0 Å². The Hall–Kier alpha value is -3.20. The second-order valence-electron chi connectivity index (χ2n) is 8.09. The van der Waals surface area contributed by atoms with Gasteiger partial charge in [0.1, 0.15) is 0 Å². The van der Waals surface area contributed by atoms with Gasteiger partial charge in [0, 0.05) is 22.3 Å². The SMILES string of the molecule is CCCCCOC(=O)c1ccc(NC(=O)CCC(=O)OCC(=O)Nc2cc(C)c(Br)cc2C)cc1. The third-order valence-corrected chi connectivity index (χ3v) is 5.94. The molecule has 0 aliphatic rings. The summed E-state index contributed by atoms with van der Waals surface area (Å²) in [6.07, 6.45) is 2.61. The van der Waals surface area contributed by atoms with Crippen LogP contribution in [0, 0.1) is 13.8 Å². The van der Waals surface area contributed by atoms with Crippen molar-refractivity contribution >= 4 is 51.1 Å². The Labute approximate surface area is 213 Å². The molecule has 0 aliphatic heterocycles. The molecular formula is C26H31BrN2O6. The highest BCUT2D eigenvalue weighted by Crippen LogP contribution is 2.24. The number of esters is 2. The number of hydrogen-bond acceptors (Lipinski definition) is 6. The third-order valence-electron chi connectivity index (χ3n) is 5.09. The Kier molecular flexibility index (Phi) is 11.4. The fourth-order valence-corrected chi connectivity index (χ4v) is 3.51. The number of carbonyl (C=O) groups is 4. The number of aryl methyl sites for hydroxylation is 2. The number of unbranched alkanes of at least 4 members (excludes halogenated alkanes) is 2. The monoisotopic (exact) mass is 546 g/mol. The van der Waals surface area contributed by atoms with Crippen molar-refractivity contribution in [3.05, 3.63) is 57.6 Å². The molecule has 0 spiro atoms. The maximum Gasteiger partial charge on any atom is 0.338 e. The summed E-state index contributed by atoms with van der Waals surface area (Å²) >= 11 is 3.43. The molecule has 0 atom stereocenters. The molecule has 0 bridgehead atoms. The summed E-state index contributed by atoms with van der Waals surface area (Å²) in [6, 6.07) is 10.0. The number of hydrogen-bond donors (Lipinski definition) is 2. The summed E-state index contributed by atoms with van der Waals surface area (Å²) in [6.45, 7) is 5.78. The van der Waals surface area contributed by atoms with E-state index >= 15 is 0 Å². The van der Waals surface area contributed by atoms with Crippen LogP contribution in [0.25, 0.3) is 0 Å². The van der Waals surface area contributed by atoms with Crippen molar-refractivity contribution < 1.29 is 28.7 Å². The Morgan fingerprint density at radius 1 is 0.857 bits per heavy atom. The molecule has 0 aromatic heterocycles. The normalized spacial score (nSPS) is 10.4. The molecule has 2 amide bonds. The van der Waals surface area contributed by atoms with Crippen molar-refractivity contribution in [2.45, 2.75) is 52.9 Å². The van der Waals surface area contributed by atoms with E-state index in [1.165, 1.54) is 0 Å². The van der Waals surface area contributed by atoms with Crippen LogP contribution in [0.4, 0.5) is 11.4 Å². The van der Waals surface area contributed by atoms with Crippen LogP contribution < -0.4 is 10.6 Å². The van der Waals surface area contributed by atoms with Crippen LogP contribution in [0.1, 0.15) is 60.5 Å². The summed E-state index contributed by atoms with van der Waals surface area (Å²) in [7, 11) is 0. The van der Waals surface area contributed by atoms with E-state index in [-0.39, 0.29) is 18.7 Å². The minimum atomic E-state index is -0.653. The molecule has 8 nitrogen and oxygen atoms in total. The fraction of sp³-hybridized carbons (Fsp3) is 0.385. The lowest BCUT2D eigenvalue weighted by molar-refractivity contribution is -0.147. The highest BCUT2D eigenvalue weighted by atomic mass is 79.9. The molecule has 2 N–H and O–H groups in total. The molecule has 188 valence electrons. The summed E-state index contributed by atoms with van der Waals surface area (Å²) < 4.78 is 11.1. The number of anilines is 2. The molecule has 2 aromatic rings. The predicted molar refractivity (Wildman–Crippen MR) is 137 cm³/mol. The highest BCUT2D eigenvalue weighted by molar-refractivity contribution is 9.10. The second-order valence-corrected chi connectivity index (χ2v) is 8.95. The van der Waals surface area contributed by atoms with E-state index in [4.69, 9.17) is 9.47 Å². The first-order chi connectivity index (χ1) is 16.7. The highest BCUT2D eigenvalue weighted by Gasteiger charge is 2.13. The molecule has 35 heavy (non-hydrogen) atoms. The fourth-order valence-electron chi connectivity index (χ4n) is 3.05. The van der Waals surface area contributed by atoms with Crippen molar-refractivity contribution in [1.82, 2.24) is 0 Å². The standard InChI is InChI=1S/C26H31BrN2O6/c1-4-5-6-13-34-26(33)19-7-9-20(10-8-19)28-23(30)11-12-25(32)35-16-24(31)29-22-15-17(2)21(27)14-18(22)3/h7-10,14-15H,4-6,11-13,16H2,1-3H3,(H,28,30)(H,29,31). The van der Waals surface area contributed by atoms with Crippen LogP contribution in [-0.2, 0) is 23.9 Å². The number of nitrogens with one attached hydrogen (secondary N) is 2. The van der Waals surface area contributed by atoms with Gasteiger partial charge < -0.3 is 20.1 Å². The molecule has 2 rings (SSSR count). The van der Waals surface area contributed by atoms with Crippen LogP contribution in [0.3, 0.4) is 0 Å². The predicted octanol–water partition coefficient (Wildman–Crippen LogP) is 5.31. The van der Waals surface area contributed by atoms with Gasteiger partial charge in [0.2, 0.25) is 5.91 Å². The summed E-state index contributed by atoms with van der Waals surface area (Å²) in [5.74, 6) is -1.91. The van der Waals surface area contributed by atoms with Crippen LogP contribution in [0.5, 0.6) is 0 Å². The van der Waals surface area contributed by atoms with E-state index in [9.17, 15) is 19.2 Å². The molecule has 0 saturated heterocycles. The van der Waals surface area contributed by atoms with Gasteiger partial charge in [-0.1, -0.05) is 35.7 Å². The second kappa shape index (κ2) is 14.3. The minimum Gasteiger partial charge on any atom is -0.462 e. The van der Waals surface area contributed by atoms with Gasteiger partial charge >= 0.3 is 11.9 Å². The Bertz CT molecular complexity index is 1050. The Morgan fingerprint density at radius 2 is 1.57 bits per heavy atom. The van der Waals surface area contributed by atoms with Gasteiger partial charge in [-0.2, -0.15) is 0 Å². The van der Waals surface area contributed by atoms with E-state index in [2.05, 4.69) is 33.5 Å². The van der Waals surface area contributed by atoms with Crippen molar-refractivity contribution in [1.29, 1.82) is 0 Å². The number of halogens is 1. The van der Waals surface area contributed by atoms with Gasteiger partial charge in [0.15, 0.2) is 6.61 Å². The van der Waals surface area contributed by atoms with Gasteiger partial charge in [0.05, 0.1) is 18.6 Å². The average molecular weight is 547 g/mol. The van der Waals surface area contributed by atoms with E-state index in [0.29, 0.717) is 23.5 Å². The van der Waals surface area contributed by atoms with Gasteiger partial charge in [0.25, 0.3) is 5.91 Å². The summed E-state index contributed by atoms with van der Waals surface area (Å²) in [4.78, 5) is 48.1. The average Bonchev–Trinajstić information content (AvgIpc) is 2.83. The lowest BCUT2D eigenvalue weighted by Gasteiger charge is -2.11. The zero-order valence-corrected chi connectivity index (χ0v) is 21.8. The molecular weight excluding hydrogens is 516 g/mol. The summed E-state index contributed by atoms with van der Waals surface area (Å²) in [5.41, 5.74) is 3.36. The first-order valence-corrected chi connectivity index (χ1v) is 12.3. The van der Waals surface area contributed by atoms with Crippen molar-refractivity contribution in [3.8, 4) is 0 Å². The quantitative estimate of drug-likeness (QED) is 0.275. The molecule has 0 aliphatic carbocycles. The van der Waals surface area contributed by atoms with E-state index in [1.807, 2.05) is 26.0 Å². The number of amides is 2. The van der Waals surface area contributed by atoms with Crippen molar-refractivity contribution in [2.75, 3.05) is 23.8 Å². The Balaban J connectivity index is 1.70. The van der Waals surface area contributed by atoms with Gasteiger partial charge in [-0.3, -0.25) is 14.4 Å². The Morgan fingerprint density at radius 3 is 2.26 bits per heavy atom. The van der Waals surface area contributed by atoms with Crippen molar-refractivity contribution in [3.63, 3.8) is 0 Å². The number of carbonyl (C=O) groups excluding carboxylic acids is 4. The largest absolute Gasteiger partial charge is 0.462 e. The zero-order valence-electron chi connectivity index (χ0n) is 20.2. The number of rotatable bonds is 12. The molecule has 0 saturated carbocycles. The molecule has 0 radical (unpaired) electrons. The summed E-state index contributed by atoms with van der Waals surface area (Å²) in [5, 5.41) is 5.37. The third kappa shape index (κ3) is 9.90. The van der Waals surface area contributed by atoms with Crippen molar-refractivity contribution in [2.24, 2.45) is 0 Å². The molecule has 0 heterocycles. The lowest BCUT2D eigenvalue weighted by Crippen LogP contribution is -2.22. The van der Waals surface area contributed by atoms with Gasteiger partial charge in [-0.25, -0.2) is 4.79 Å². The topological polar surface area (TPSA) is 111 Å². The number of benzene rings is 2. The van der Waals surface area contributed by atoms with E-state index < -0.39 is 24.5 Å². The van der Waals surface area contributed by atoms with E-state index in [0.717, 1.165) is 34.9 Å². The van der Waals surface area contributed by atoms with Crippen LogP contribution in [-0.4, -0.2) is 37.0 Å². The molecule has 0 fully saturated rings. The van der Waals surface area contributed by atoms with Gasteiger partial charge in [-0.15, -0.1) is 0 Å². The maximum atomic E-state index is 12.1. The van der Waals surface area contributed by atoms with E-state index in [1.54, 1.807) is 24.3 Å². The minimum absolute atomic E-state index is 0.104. The maximum absolute atomic E-state index is 12.1. The molecule has 2 aromatic carbocycles. The van der Waals surface area contributed by atoms with Crippen LogP contribution in [0.15, 0.2) is 40.9 Å². The first kappa shape index (κ1) is 28.0. The lowest BCUT2D eigenvalue weighted by atomic mass is 10.1. The first-order valence-electron chi connectivity index (χ1n) is 11.5. The molecule has 0 unspecified atom stereocenters. The smallest absolute Gasteiger partial charge is 0.338 e. The number of ether oxygens (including phenoxy) is 2. The van der Waals surface area contributed by atoms with Crippen LogP contribution >= 0.6 is 15.9 Å².